The number of unbranched alkanes of at least 4 members (excludes halogenated alkanes) is 1. The first-order chi connectivity index (χ1) is 6.54. The third kappa shape index (κ3) is 3.14. The van der Waals surface area contributed by atoms with E-state index in [4.69, 9.17) is 5.73 Å². The average Bonchev–Trinajstić information content (AvgIpc) is 2.52. The van der Waals surface area contributed by atoms with Gasteiger partial charge in [0, 0.05) is 11.1 Å². The molecule has 0 unspecified atom stereocenters. The van der Waals surface area contributed by atoms with Crippen molar-refractivity contribution in [3.8, 4) is 0 Å². The highest BCUT2D eigenvalue weighted by atomic mass is 15.1. The number of H-pyrrole nitrogens is 1. The molecule has 0 aliphatic rings. The second-order valence-corrected chi connectivity index (χ2v) is 4.77. The molecule has 0 spiro atoms. The van der Waals surface area contributed by atoms with E-state index in [1.54, 1.807) is 0 Å². The molecule has 1 rings (SSSR count). The molecule has 1 heterocycles. The summed E-state index contributed by atoms with van der Waals surface area (Å²) in [5.41, 5.74) is 7.95. The maximum Gasteiger partial charge on any atom is 0.0678 e. The molecule has 0 radical (unpaired) electrons. The topological polar surface area (TPSA) is 54.7 Å². The largest absolute Gasteiger partial charge is 0.330 e. The van der Waals surface area contributed by atoms with Crippen molar-refractivity contribution in [3.05, 3.63) is 17.5 Å². The van der Waals surface area contributed by atoms with Gasteiger partial charge in [0.1, 0.15) is 0 Å². The van der Waals surface area contributed by atoms with Gasteiger partial charge in [-0.2, -0.15) is 5.10 Å². The number of hydrogen-bond donors (Lipinski definition) is 2. The molecule has 0 saturated heterocycles. The van der Waals surface area contributed by atoms with E-state index in [0.717, 1.165) is 31.5 Å². The summed E-state index contributed by atoms with van der Waals surface area (Å²) < 4.78 is 0. The van der Waals surface area contributed by atoms with Crippen LogP contribution in [-0.2, 0) is 11.8 Å². The molecular weight excluding hydrogens is 174 g/mol. The van der Waals surface area contributed by atoms with Crippen LogP contribution >= 0.6 is 0 Å². The third-order valence-corrected chi connectivity index (χ3v) is 2.30. The monoisotopic (exact) mass is 195 g/mol. The quantitative estimate of drug-likeness (QED) is 0.722. The van der Waals surface area contributed by atoms with Gasteiger partial charge < -0.3 is 5.73 Å². The Morgan fingerprint density at radius 3 is 2.57 bits per heavy atom. The van der Waals surface area contributed by atoms with Gasteiger partial charge in [0.2, 0.25) is 0 Å². The lowest BCUT2D eigenvalue weighted by Gasteiger charge is -2.13. The van der Waals surface area contributed by atoms with E-state index < -0.39 is 0 Å². The molecule has 80 valence electrons. The minimum Gasteiger partial charge on any atom is -0.330 e. The molecule has 0 aliphatic heterocycles. The minimum absolute atomic E-state index is 0.141. The molecule has 0 fully saturated rings. The van der Waals surface area contributed by atoms with Crippen molar-refractivity contribution in [1.82, 2.24) is 10.2 Å². The number of nitrogens with zero attached hydrogens (tertiary/aromatic N) is 1. The molecule has 1 aromatic heterocycles. The third-order valence-electron chi connectivity index (χ3n) is 2.30. The molecule has 3 nitrogen and oxygen atoms in total. The summed E-state index contributed by atoms with van der Waals surface area (Å²) in [6.45, 7) is 7.30. The zero-order chi connectivity index (χ0) is 10.6. The highest BCUT2D eigenvalue weighted by molar-refractivity contribution is 5.16. The Morgan fingerprint density at radius 1 is 1.36 bits per heavy atom. The summed E-state index contributed by atoms with van der Waals surface area (Å²) in [7, 11) is 0. The summed E-state index contributed by atoms with van der Waals surface area (Å²) in [4.78, 5) is 0. The first-order valence-corrected chi connectivity index (χ1v) is 5.29. The average molecular weight is 195 g/mol. The number of nitrogens with two attached hydrogens (primary N) is 1. The Balaban J connectivity index is 2.51. The van der Waals surface area contributed by atoms with E-state index in [1.165, 1.54) is 5.69 Å². The fourth-order valence-electron chi connectivity index (χ4n) is 1.33. The Morgan fingerprint density at radius 2 is 2.07 bits per heavy atom. The summed E-state index contributed by atoms with van der Waals surface area (Å²) >= 11 is 0. The van der Waals surface area contributed by atoms with E-state index in [2.05, 4.69) is 37.0 Å². The zero-order valence-electron chi connectivity index (χ0n) is 9.43. The van der Waals surface area contributed by atoms with Gasteiger partial charge in [-0.1, -0.05) is 20.8 Å². The molecule has 0 saturated carbocycles. The van der Waals surface area contributed by atoms with Gasteiger partial charge in [-0.3, -0.25) is 5.10 Å². The van der Waals surface area contributed by atoms with E-state index in [0.29, 0.717) is 0 Å². The van der Waals surface area contributed by atoms with Gasteiger partial charge >= 0.3 is 0 Å². The Labute approximate surface area is 86.1 Å². The molecule has 0 bridgehead atoms. The number of aromatic nitrogens is 2. The van der Waals surface area contributed by atoms with Crippen molar-refractivity contribution in [2.24, 2.45) is 5.73 Å². The first-order valence-electron chi connectivity index (χ1n) is 5.29. The molecular formula is C11H21N3. The SMILES string of the molecule is CC(C)(C)c1cc(CCCCN)[nH]n1. The Kier molecular flexibility index (Phi) is 3.69. The lowest BCUT2D eigenvalue weighted by atomic mass is 9.92. The summed E-state index contributed by atoms with van der Waals surface area (Å²) in [6.07, 6.45) is 3.28. The van der Waals surface area contributed by atoms with Crippen LogP contribution in [0, 0.1) is 0 Å². The molecule has 3 heteroatoms. The van der Waals surface area contributed by atoms with Crippen LogP contribution in [0.3, 0.4) is 0 Å². The highest BCUT2D eigenvalue weighted by Crippen LogP contribution is 2.20. The van der Waals surface area contributed by atoms with Crippen molar-refractivity contribution >= 4 is 0 Å². The van der Waals surface area contributed by atoms with Gasteiger partial charge in [0.25, 0.3) is 0 Å². The molecule has 0 aliphatic carbocycles. The van der Waals surface area contributed by atoms with Gasteiger partial charge in [0.15, 0.2) is 0 Å². The van der Waals surface area contributed by atoms with Crippen molar-refractivity contribution in [2.45, 2.75) is 45.4 Å². The maximum atomic E-state index is 5.44. The van der Waals surface area contributed by atoms with Crippen LogP contribution in [0.5, 0.6) is 0 Å². The Hall–Kier alpha value is -0.830. The van der Waals surface area contributed by atoms with Crippen molar-refractivity contribution in [2.75, 3.05) is 6.54 Å². The van der Waals surface area contributed by atoms with E-state index in [-0.39, 0.29) is 5.41 Å². The van der Waals surface area contributed by atoms with Gasteiger partial charge in [-0.15, -0.1) is 0 Å². The molecule has 0 aromatic carbocycles. The fourth-order valence-corrected chi connectivity index (χ4v) is 1.33. The van der Waals surface area contributed by atoms with Gasteiger partial charge in [-0.25, -0.2) is 0 Å². The lowest BCUT2D eigenvalue weighted by molar-refractivity contribution is 0.567. The molecule has 0 amide bonds. The lowest BCUT2D eigenvalue weighted by Crippen LogP contribution is -2.11. The second kappa shape index (κ2) is 4.60. The molecule has 0 atom stereocenters. The van der Waals surface area contributed by atoms with Gasteiger partial charge in [-0.05, 0) is 31.9 Å². The van der Waals surface area contributed by atoms with Crippen molar-refractivity contribution in [1.29, 1.82) is 0 Å². The van der Waals surface area contributed by atoms with Crippen molar-refractivity contribution in [3.63, 3.8) is 0 Å². The maximum absolute atomic E-state index is 5.44. The van der Waals surface area contributed by atoms with Crippen LogP contribution in [0.25, 0.3) is 0 Å². The normalized spacial score (nSPS) is 12.0. The summed E-state index contributed by atoms with van der Waals surface area (Å²) in [5, 5.41) is 7.39. The van der Waals surface area contributed by atoms with Crippen LogP contribution < -0.4 is 5.73 Å². The summed E-state index contributed by atoms with van der Waals surface area (Å²) in [5.74, 6) is 0. The number of aromatic amines is 1. The molecule has 14 heavy (non-hydrogen) atoms. The van der Waals surface area contributed by atoms with E-state index in [1.807, 2.05) is 0 Å². The number of nitrogens with one attached hydrogen (secondary N) is 1. The van der Waals surface area contributed by atoms with E-state index >= 15 is 0 Å². The number of aryl methyl sites for hydroxylation is 1. The highest BCUT2D eigenvalue weighted by Gasteiger charge is 2.16. The minimum atomic E-state index is 0.141. The van der Waals surface area contributed by atoms with Crippen molar-refractivity contribution < 1.29 is 0 Å². The smallest absolute Gasteiger partial charge is 0.0678 e. The molecule has 1 aromatic rings. The fraction of sp³-hybridized carbons (Fsp3) is 0.727. The number of rotatable bonds is 4. The van der Waals surface area contributed by atoms with Gasteiger partial charge in [0.05, 0.1) is 5.69 Å². The standard InChI is InChI=1S/C11H21N3/c1-11(2,3)10-8-9(13-14-10)6-4-5-7-12/h8H,4-7,12H2,1-3H3,(H,13,14). The second-order valence-electron chi connectivity index (χ2n) is 4.77. The van der Waals surface area contributed by atoms with E-state index in [9.17, 15) is 0 Å². The Bertz CT molecular complexity index is 270. The van der Waals surface area contributed by atoms with Crippen LogP contribution in [0.1, 0.15) is 45.0 Å². The molecule has 3 N–H and O–H groups in total. The predicted molar refractivity (Wildman–Crippen MR) is 59.3 cm³/mol. The van der Waals surface area contributed by atoms with Crippen LogP contribution in [0.2, 0.25) is 0 Å². The predicted octanol–water partition coefficient (Wildman–Crippen LogP) is 1.99. The first kappa shape index (κ1) is 11.2. The van der Waals surface area contributed by atoms with Crippen LogP contribution in [0.4, 0.5) is 0 Å². The zero-order valence-corrected chi connectivity index (χ0v) is 9.43. The number of hydrogen-bond acceptors (Lipinski definition) is 2. The summed E-state index contributed by atoms with van der Waals surface area (Å²) in [6, 6.07) is 2.16. The van der Waals surface area contributed by atoms with Crippen LogP contribution in [-0.4, -0.2) is 16.7 Å². The van der Waals surface area contributed by atoms with Crippen LogP contribution in [0.15, 0.2) is 6.07 Å².